The van der Waals surface area contributed by atoms with E-state index in [1.54, 1.807) is 13.0 Å². The highest BCUT2D eigenvalue weighted by molar-refractivity contribution is 6.09. The van der Waals surface area contributed by atoms with E-state index in [1.165, 1.54) is 30.5 Å². The van der Waals surface area contributed by atoms with Crippen molar-refractivity contribution < 1.29 is 19.1 Å². The Morgan fingerprint density at radius 3 is 2.75 bits per heavy atom. The second-order valence-corrected chi connectivity index (χ2v) is 4.14. The number of nitrogens with zero attached hydrogens (tertiary/aromatic N) is 1. The predicted molar refractivity (Wildman–Crippen MR) is 70.3 cm³/mol. The summed E-state index contributed by atoms with van der Waals surface area (Å²) in [4.78, 5) is 26.7. The fraction of sp³-hybridized carbons (Fsp3) is 0.0714. The third-order valence-corrected chi connectivity index (χ3v) is 2.62. The summed E-state index contributed by atoms with van der Waals surface area (Å²) in [7, 11) is 0. The molecule has 0 aliphatic heterocycles. The summed E-state index contributed by atoms with van der Waals surface area (Å²) in [5.74, 6) is -2.64. The lowest BCUT2D eigenvalue weighted by Crippen LogP contribution is -2.18. The molecule has 6 heteroatoms. The maximum Gasteiger partial charge on any atom is 0.338 e. The third-order valence-electron chi connectivity index (χ3n) is 2.62. The molecule has 102 valence electrons. The summed E-state index contributed by atoms with van der Waals surface area (Å²) >= 11 is 0. The van der Waals surface area contributed by atoms with Crippen LogP contribution in [0.5, 0.6) is 0 Å². The van der Waals surface area contributed by atoms with Crippen LogP contribution in [0.15, 0.2) is 36.5 Å². The van der Waals surface area contributed by atoms with Gasteiger partial charge >= 0.3 is 5.97 Å². The van der Waals surface area contributed by atoms with Gasteiger partial charge in [-0.1, -0.05) is 6.07 Å². The number of rotatable bonds is 3. The van der Waals surface area contributed by atoms with E-state index in [9.17, 15) is 14.0 Å². The van der Waals surface area contributed by atoms with Gasteiger partial charge < -0.3 is 10.4 Å². The molecule has 0 aliphatic carbocycles. The van der Waals surface area contributed by atoms with Crippen LogP contribution in [0.4, 0.5) is 10.1 Å². The molecule has 1 aromatic heterocycles. The molecule has 0 unspecified atom stereocenters. The van der Waals surface area contributed by atoms with E-state index in [0.717, 1.165) is 5.56 Å². The minimum Gasteiger partial charge on any atom is -0.478 e. The number of nitrogens with one attached hydrogen (secondary N) is 1. The molecule has 0 saturated heterocycles. The molecule has 1 heterocycles. The minimum absolute atomic E-state index is 0.0167. The molecular weight excluding hydrogens is 263 g/mol. The Hall–Kier alpha value is -2.76. The van der Waals surface area contributed by atoms with Crippen LogP contribution in [-0.2, 0) is 0 Å². The number of pyridine rings is 1. The molecule has 2 N–H and O–H groups in total. The van der Waals surface area contributed by atoms with Gasteiger partial charge in [0, 0.05) is 6.20 Å². The van der Waals surface area contributed by atoms with Crippen LogP contribution in [0.1, 0.15) is 26.4 Å². The second kappa shape index (κ2) is 5.48. The molecule has 0 spiro atoms. The van der Waals surface area contributed by atoms with Crippen molar-refractivity contribution in [2.24, 2.45) is 0 Å². The number of aromatic carboxylic acids is 1. The number of carbonyl (C=O) groups is 2. The van der Waals surface area contributed by atoms with E-state index < -0.39 is 17.7 Å². The number of benzene rings is 1. The molecule has 0 fully saturated rings. The van der Waals surface area contributed by atoms with Crippen LogP contribution < -0.4 is 5.32 Å². The number of halogens is 1. The van der Waals surface area contributed by atoms with E-state index in [2.05, 4.69) is 10.3 Å². The summed E-state index contributed by atoms with van der Waals surface area (Å²) in [6.45, 7) is 1.75. The largest absolute Gasteiger partial charge is 0.478 e. The molecule has 0 bridgehead atoms. The Morgan fingerprint density at radius 1 is 1.30 bits per heavy atom. The van der Waals surface area contributed by atoms with E-state index in [1.807, 2.05) is 0 Å². The van der Waals surface area contributed by atoms with Gasteiger partial charge in [0.25, 0.3) is 5.91 Å². The van der Waals surface area contributed by atoms with Crippen molar-refractivity contribution in [1.82, 2.24) is 4.98 Å². The van der Waals surface area contributed by atoms with Gasteiger partial charge in [-0.2, -0.15) is 0 Å². The zero-order valence-electron chi connectivity index (χ0n) is 10.6. The summed E-state index contributed by atoms with van der Waals surface area (Å²) in [6, 6.07) is 6.91. The Kier molecular flexibility index (Phi) is 3.74. The Bertz CT molecular complexity index is 686. The van der Waals surface area contributed by atoms with Crippen molar-refractivity contribution in [3.05, 3.63) is 59.2 Å². The number of aryl methyl sites for hydroxylation is 1. The normalized spacial score (nSPS) is 10.1. The van der Waals surface area contributed by atoms with Gasteiger partial charge in [-0.05, 0) is 36.8 Å². The third kappa shape index (κ3) is 2.80. The smallest absolute Gasteiger partial charge is 0.338 e. The van der Waals surface area contributed by atoms with Crippen molar-refractivity contribution in [3.8, 4) is 0 Å². The van der Waals surface area contributed by atoms with Gasteiger partial charge in [0.2, 0.25) is 0 Å². The zero-order valence-corrected chi connectivity index (χ0v) is 10.6. The molecule has 0 aliphatic rings. The zero-order chi connectivity index (χ0) is 14.7. The first kappa shape index (κ1) is 13.7. The Morgan fingerprint density at radius 2 is 2.05 bits per heavy atom. The van der Waals surface area contributed by atoms with Crippen LogP contribution in [0.3, 0.4) is 0 Å². The number of carboxylic acids is 1. The van der Waals surface area contributed by atoms with Gasteiger partial charge in [0.15, 0.2) is 0 Å². The highest BCUT2D eigenvalue weighted by atomic mass is 19.1. The average Bonchev–Trinajstić information content (AvgIpc) is 2.42. The molecule has 0 saturated carbocycles. The van der Waals surface area contributed by atoms with Crippen molar-refractivity contribution in [2.45, 2.75) is 6.92 Å². The van der Waals surface area contributed by atoms with Crippen LogP contribution in [0.25, 0.3) is 0 Å². The summed E-state index contributed by atoms with van der Waals surface area (Å²) in [5.41, 5.74) is 0.247. The van der Waals surface area contributed by atoms with Crippen molar-refractivity contribution >= 4 is 17.6 Å². The lowest BCUT2D eigenvalue weighted by molar-refractivity contribution is 0.0691. The Balaban J connectivity index is 2.33. The number of carbonyl (C=O) groups excluding carboxylic acids is 1. The highest BCUT2D eigenvalue weighted by Gasteiger charge is 2.18. The van der Waals surface area contributed by atoms with Gasteiger partial charge in [-0.3, -0.25) is 9.78 Å². The number of carboxylic acid groups (broad SMARTS) is 1. The summed E-state index contributed by atoms with van der Waals surface area (Å²) in [6.07, 6.45) is 1.30. The lowest BCUT2D eigenvalue weighted by atomic mass is 10.1. The predicted octanol–water partition coefficient (Wildman–Crippen LogP) is 2.48. The highest BCUT2D eigenvalue weighted by Crippen LogP contribution is 2.17. The Labute approximate surface area is 114 Å². The molecule has 1 amide bonds. The van der Waals surface area contributed by atoms with Crippen LogP contribution in [-0.4, -0.2) is 22.0 Å². The van der Waals surface area contributed by atoms with Gasteiger partial charge in [0.1, 0.15) is 11.5 Å². The lowest BCUT2D eigenvalue weighted by Gasteiger charge is -2.08. The van der Waals surface area contributed by atoms with Crippen molar-refractivity contribution in [3.63, 3.8) is 0 Å². The quantitative estimate of drug-likeness (QED) is 0.901. The number of anilines is 1. The molecule has 5 nitrogen and oxygen atoms in total. The molecule has 2 aromatic rings. The number of hydrogen-bond acceptors (Lipinski definition) is 3. The first-order chi connectivity index (χ1) is 9.49. The molecule has 0 atom stereocenters. The molecule has 0 radical (unpaired) electrons. The van der Waals surface area contributed by atoms with Crippen molar-refractivity contribution in [1.29, 1.82) is 0 Å². The molecule has 20 heavy (non-hydrogen) atoms. The van der Waals surface area contributed by atoms with Crippen molar-refractivity contribution in [2.75, 3.05) is 5.32 Å². The van der Waals surface area contributed by atoms with E-state index in [-0.39, 0.29) is 16.9 Å². The first-order valence-electron chi connectivity index (χ1n) is 5.75. The number of amides is 1. The fourth-order valence-corrected chi connectivity index (χ4v) is 1.68. The number of aromatic nitrogens is 1. The monoisotopic (exact) mass is 274 g/mol. The maximum atomic E-state index is 13.6. The van der Waals surface area contributed by atoms with Gasteiger partial charge in [-0.15, -0.1) is 0 Å². The second-order valence-electron chi connectivity index (χ2n) is 4.14. The van der Waals surface area contributed by atoms with E-state index in [4.69, 9.17) is 5.11 Å². The molecular formula is C14H11FN2O3. The van der Waals surface area contributed by atoms with Crippen LogP contribution in [0.2, 0.25) is 0 Å². The topological polar surface area (TPSA) is 79.3 Å². The summed E-state index contributed by atoms with van der Waals surface area (Å²) < 4.78 is 13.6. The minimum atomic E-state index is -1.27. The van der Waals surface area contributed by atoms with Gasteiger partial charge in [-0.25, -0.2) is 9.18 Å². The van der Waals surface area contributed by atoms with Crippen LogP contribution in [0, 0.1) is 12.7 Å². The number of hydrogen-bond donors (Lipinski definition) is 2. The average molecular weight is 274 g/mol. The van der Waals surface area contributed by atoms with Gasteiger partial charge in [0.05, 0.1) is 11.3 Å². The standard InChI is InChI=1S/C14H11FN2O3/c1-8-4-5-10(15)11(7-8)17-13(18)12-9(14(19)20)3-2-6-16-12/h2-7H,1H3,(H,17,18)(H,19,20). The SMILES string of the molecule is Cc1ccc(F)c(NC(=O)c2ncccc2C(=O)O)c1. The van der Waals surface area contributed by atoms with Crippen LogP contribution >= 0.6 is 0 Å². The van der Waals surface area contributed by atoms with E-state index in [0.29, 0.717) is 0 Å². The van der Waals surface area contributed by atoms with E-state index >= 15 is 0 Å². The molecule has 2 rings (SSSR count). The first-order valence-corrected chi connectivity index (χ1v) is 5.75. The molecule has 1 aromatic carbocycles. The maximum absolute atomic E-state index is 13.6. The fourth-order valence-electron chi connectivity index (χ4n) is 1.68. The summed E-state index contributed by atoms with van der Waals surface area (Å²) in [5, 5.41) is 11.3.